The molecule has 0 heterocycles. The Hall–Kier alpha value is -6.21. The molecule has 0 aromatic heterocycles. The molecule has 0 saturated carbocycles. The second-order valence-electron chi connectivity index (χ2n) is 11.6. The van der Waals surface area contributed by atoms with Gasteiger partial charge >= 0.3 is 0 Å². The van der Waals surface area contributed by atoms with E-state index < -0.39 is 23.9 Å². The highest BCUT2D eigenvalue weighted by molar-refractivity contribution is 6.31. The van der Waals surface area contributed by atoms with Crippen molar-refractivity contribution in [2.24, 2.45) is 0 Å². The first-order valence-electron chi connectivity index (χ1n) is 16.6. The molecule has 6 N–H and O–H groups in total. The van der Waals surface area contributed by atoms with Crippen LogP contribution in [0.25, 0.3) is 0 Å². The first-order valence-corrected chi connectivity index (χ1v) is 17.0. The maximum Gasteiger partial charge on any atom is 0.243 e. The summed E-state index contributed by atoms with van der Waals surface area (Å²) >= 11 is 6.01. The lowest BCUT2D eigenvalue weighted by atomic mass is 10.1. The number of methoxy groups -OCH3 is 1. The number of nitrogens with one attached hydrogen (secondary N) is 6. The van der Waals surface area contributed by atoms with E-state index in [0.717, 1.165) is 5.56 Å². The monoisotopic (exact) mass is 742 g/mol. The number of para-hydroxylation sites is 2. The van der Waals surface area contributed by atoms with Crippen LogP contribution in [0.1, 0.15) is 25.0 Å². The van der Waals surface area contributed by atoms with E-state index in [9.17, 15) is 28.8 Å². The average Bonchev–Trinajstić information content (AvgIpc) is 3.14. The van der Waals surface area contributed by atoms with Crippen molar-refractivity contribution in [3.8, 4) is 5.75 Å². The fourth-order valence-electron chi connectivity index (χ4n) is 4.59. The zero-order chi connectivity index (χ0) is 38.6. The normalized spacial score (nSPS) is 11.2. The number of hydrogen-bond donors (Lipinski definition) is 6. The van der Waals surface area contributed by atoms with E-state index in [-0.39, 0.29) is 49.6 Å². The fourth-order valence-corrected chi connectivity index (χ4v) is 4.80. The minimum atomic E-state index is -0.769. The van der Waals surface area contributed by atoms with E-state index in [1.54, 1.807) is 118 Å². The van der Waals surface area contributed by atoms with Gasteiger partial charge in [-0.15, -0.1) is 0 Å². The van der Waals surface area contributed by atoms with Crippen LogP contribution in [0.15, 0.2) is 109 Å². The first kappa shape index (κ1) is 41.2. The number of rotatable bonds is 15. The maximum absolute atomic E-state index is 12.1. The highest BCUT2D eigenvalue weighted by Crippen LogP contribution is 2.15. The van der Waals surface area contributed by atoms with Gasteiger partial charge in [-0.1, -0.05) is 78.3 Å². The van der Waals surface area contributed by atoms with Crippen molar-refractivity contribution in [3.63, 3.8) is 0 Å². The van der Waals surface area contributed by atoms with Gasteiger partial charge in [0.15, 0.2) is 0 Å². The van der Waals surface area contributed by atoms with Gasteiger partial charge in [-0.3, -0.25) is 28.8 Å². The van der Waals surface area contributed by atoms with Crippen LogP contribution in [0, 0.1) is 0 Å². The fraction of sp³-hybridized carbons (Fsp3) is 0.231. The van der Waals surface area contributed by atoms with Crippen LogP contribution in [0.5, 0.6) is 5.75 Å². The summed E-state index contributed by atoms with van der Waals surface area (Å²) in [5.41, 5.74) is 2.76. The third-order valence-electron chi connectivity index (χ3n) is 7.31. The smallest absolute Gasteiger partial charge is 0.243 e. The highest BCUT2D eigenvalue weighted by Gasteiger charge is 2.18. The molecule has 2 atom stereocenters. The quantitative estimate of drug-likeness (QED) is 0.107. The van der Waals surface area contributed by atoms with Crippen LogP contribution in [0.4, 0.5) is 11.4 Å². The van der Waals surface area contributed by atoms with Gasteiger partial charge in [0, 0.05) is 16.4 Å². The summed E-state index contributed by atoms with van der Waals surface area (Å²) in [6, 6.07) is 30.5. The largest absolute Gasteiger partial charge is 0.497 e. The van der Waals surface area contributed by atoms with Gasteiger partial charge in [-0.2, -0.15) is 0 Å². The van der Waals surface area contributed by atoms with E-state index in [2.05, 4.69) is 31.9 Å². The van der Waals surface area contributed by atoms with Crippen molar-refractivity contribution in [1.29, 1.82) is 0 Å². The zero-order valence-corrected chi connectivity index (χ0v) is 30.4. The van der Waals surface area contributed by atoms with Crippen molar-refractivity contribution in [1.82, 2.24) is 21.3 Å². The van der Waals surface area contributed by atoms with E-state index in [1.807, 2.05) is 12.1 Å². The third kappa shape index (κ3) is 15.7. The Morgan fingerprint density at radius 3 is 1.55 bits per heavy atom. The standard InChI is InChI=1S/C20H23N3O4.C19H20ClN3O3/c1-14(22-18(24)12-15-7-6-10-17(11-15)27-2)20(26)21-13-19(25)23-16-8-4-3-5-9-16;1-13(22-17(24)11-14-7-5-6-10-16(14)20)19(26)21-12-18(25)23-15-8-3-2-4-9-15/h3-11,14H,12-13H2,1-2H3,(H,21,26)(H,22,24)(H,23,25);2-10,13H,11-12H2,1H3,(H,21,26)(H,22,24)(H,23,25)/t14-;13-/m00/s1. The number of ether oxygens (including phenoxy) is 1. The van der Waals surface area contributed by atoms with Crippen LogP contribution in [-0.4, -0.2) is 67.7 Å². The number of carbonyl (C=O) groups excluding carboxylic acids is 6. The molecule has 14 heteroatoms. The molecule has 278 valence electrons. The van der Waals surface area contributed by atoms with Crippen LogP contribution in [0.2, 0.25) is 5.02 Å². The summed E-state index contributed by atoms with van der Waals surface area (Å²) in [6.07, 6.45) is 0.203. The highest BCUT2D eigenvalue weighted by atomic mass is 35.5. The zero-order valence-electron chi connectivity index (χ0n) is 29.6. The maximum atomic E-state index is 12.1. The van der Waals surface area contributed by atoms with Gasteiger partial charge in [0.1, 0.15) is 17.8 Å². The second-order valence-corrected chi connectivity index (χ2v) is 12.0. The summed E-state index contributed by atoms with van der Waals surface area (Å²) in [5, 5.41) is 16.0. The van der Waals surface area contributed by atoms with Crippen LogP contribution in [-0.2, 0) is 41.6 Å². The van der Waals surface area contributed by atoms with Crippen LogP contribution >= 0.6 is 11.6 Å². The summed E-state index contributed by atoms with van der Waals surface area (Å²) in [6.45, 7) is 2.76. The van der Waals surface area contributed by atoms with Crippen molar-refractivity contribution >= 4 is 58.4 Å². The summed E-state index contributed by atoms with van der Waals surface area (Å²) < 4.78 is 5.12. The lowest BCUT2D eigenvalue weighted by molar-refractivity contribution is -0.129. The summed E-state index contributed by atoms with van der Waals surface area (Å²) in [5.74, 6) is -1.52. The molecular weight excluding hydrogens is 700 g/mol. The van der Waals surface area contributed by atoms with E-state index in [0.29, 0.717) is 27.7 Å². The van der Waals surface area contributed by atoms with E-state index in [1.165, 1.54) is 0 Å². The molecular formula is C39H43ClN6O7. The Bertz CT molecular complexity index is 1840. The van der Waals surface area contributed by atoms with Gasteiger partial charge in [0.05, 0.1) is 33.0 Å². The van der Waals surface area contributed by atoms with Crippen molar-refractivity contribution in [2.45, 2.75) is 38.8 Å². The number of hydrogen-bond acceptors (Lipinski definition) is 7. The van der Waals surface area contributed by atoms with Crippen molar-refractivity contribution in [2.75, 3.05) is 30.8 Å². The minimum absolute atomic E-state index is 0.0752. The van der Waals surface area contributed by atoms with Crippen molar-refractivity contribution < 1.29 is 33.5 Å². The molecule has 0 aliphatic carbocycles. The molecule has 0 saturated heterocycles. The molecule has 0 spiro atoms. The molecule has 0 bridgehead atoms. The first-order chi connectivity index (χ1) is 25.4. The molecule has 0 aliphatic heterocycles. The second kappa shape index (κ2) is 21.9. The van der Waals surface area contributed by atoms with E-state index >= 15 is 0 Å². The Kier molecular flexibility index (Phi) is 17.0. The lowest BCUT2D eigenvalue weighted by Gasteiger charge is -2.14. The average molecular weight is 743 g/mol. The Balaban J connectivity index is 0.000000286. The summed E-state index contributed by atoms with van der Waals surface area (Å²) in [7, 11) is 1.56. The molecule has 0 fully saturated rings. The van der Waals surface area contributed by atoms with Gasteiger partial charge in [-0.05, 0) is 67.4 Å². The molecule has 6 amide bonds. The predicted octanol–water partition coefficient (Wildman–Crippen LogP) is 3.64. The Labute approximate surface area is 313 Å². The predicted molar refractivity (Wildman–Crippen MR) is 203 cm³/mol. The Morgan fingerprint density at radius 1 is 0.585 bits per heavy atom. The molecule has 4 aromatic carbocycles. The Morgan fingerprint density at radius 2 is 1.06 bits per heavy atom. The lowest BCUT2D eigenvalue weighted by Crippen LogP contribution is -2.47. The molecule has 53 heavy (non-hydrogen) atoms. The number of amides is 6. The summed E-state index contributed by atoms with van der Waals surface area (Å²) in [4.78, 5) is 71.9. The number of anilines is 2. The van der Waals surface area contributed by atoms with Gasteiger partial charge in [0.2, 0.25) is 35.4 Å². The SMILES string of the molecule is COc1cccc(CC(=O)N[C@@H](C)C(=O)NCC(=O)Nc2ccccc2)c1.C[C@H](NC(=O)Cc1ccccc1Cl)C(=O)NCC(=O)Nc1ccccc1. The molecule has 0 unspecified atom stereocenters. The molecule has 0 aliphatic rings. The van der Waals surface area contributed by atoms with E-state index in [4.69, 9.17) is 16.3 Å². The van der Waals surface area contributed by atoms with Crippen LogP contribution < -0.4 is 36.6 Å². The molecule has 0 radical (unpaired) electrons. The van der Waals surface area contributed by atoms with Crippen LogP contribution in [0.3, 0.4) is 0 Å². The molecule has 4 aromatic rings. The minimum Gasteiger partial charge on any atom is -0.497 e. The van der Waals surface area contributed by atoms with Gasteiger partial charge in [-0.25, -0.2) is 0 Å². The van der Waals surface area contributed by atoms with Gasteiger partial charge < -0.3 is 36.6 Å². The number of halogens is 1. The topological polar surface area (TPSA) is 184 Å². The van der Waals surface area contributed by atoms with Gasteiger partial charge in [0.25, 0.3) is 0 Å². The van der Waals surface area contributed by atoms with Crippen molar-refractivity contribution in [3.05, 3.63) is 125 Å². The molecule has 4 rings (SSSR count). The third-order valence-corrected chi connectivity index (χ3v) is 7.68. The number of carbonyl (C=O) groups is 6. The number of benzene rings is 4. The molecule has 13 nitrogen and oxygen atoms in total.